The Morgan fingerprint density at radius 2 is 2.17 bits per heavy atom. The molecule has 1 aliphatic heterocycles. The monoisotopic (exact) mass is 170 g/mol. The van der Waals surface area contributed by atoms with Crippen LogP contribution in [0.4, 0.5) is 0 Å². The van der Waals surface area contributed by atoms with Gasteiger partial charge in [0.25, 0.3) is 0 Å². The smallest absolute Gasteiger partial charge is 0.231 e. The highest BCUT2D eigenvalue weighted by molar-refractivity contribution is 4.84. The van der Waals surface area contributed by atoms with Crippen LogP contribution in [0.1, 0.15) is 11.7 Å². The Kier molecular flexibility index (Phi) is 2.05. The molecule has 0 N–H and O–H groups in total. The van der Waals surface area contributed by atoms with Crippen molar-refractivity contribution in [3.63, 3.8) is 0 Å². The third kappa shape index (κ3) is 1.62. The van der Waals surface area contributed by atoms with Gasteiger partial charge in [-0.15, -0.1) is 0 Å². The summed E-state index contributed by atoms with van der Waals surface area (Å²) in [6.45, 7) is 3.08. The van der Waals surface area contributed by atoms with Gasteiger partial charge < -0.3 is 14.0 Å². The van der Waals surface area contributed by atoms with Gasteiger partial charge in [0, 0.05) is 0 Å². The summed E-state index contributed by atoms with van der Waals surface area (Å²) < 4.78 is 15.3. The van der Waals surface area contributed by atoms with Gasteiger partial charge in [-0.2, -0.15) is 4.98 Å². The molecule has 1 fully saturated rings. The summed E-state index contributed by atoms with van der Waals surface area (Å²) in [5, 5.41) is 3.66. The maximum Gasteiger partial charge on any atom is 0.231 e. The Hall–Kier alpha value is -0.940. The fraction of sp³-hybridized carbons (Fsp3) is 0.714. The van der Waals surface area contributed by atoms with Crippen molar-refractivity contribution >= 4 is 0 Å². The van der Waals surface area contributed by atoms with Crippen molar-refractivity contribution in [1.82, 2.24) is 10.1 Å². The Morgan fingerprint density at radius 3 is 2.75 bits per heavy atom. The lowest BCUT2D eigenvalue weighted by molar-refractivity contribution is -0.0445. The zero-order chi connectivity index (χ0) is 8.39. The molecule has 0 radical (unpaired) electrons. The van der Waals surface area contributed by atoms with E-state index in [1.54, 1.807) is 6.92 Å². The van der Waals surface area contributed by atoms with Crippen molar-refractivity contribution < 1.29 is 14.0 Å². The lowest BCUT2D eigenvalue weighted by atomic mass is 10.4. The lowest BCUT2D eigenvalue weighted by Crippen LogP contribution is -2.11. The van der Waals surface area contributed by atoms with Crippen LogP contribution in [0.2, 0.25) is 0 Å². The van der Waals surface area contributed by atoms with Crippen molar-refractivity contribution in [2.24, 2.45) is 0 Å². The molecule has 0 amide bonds. The molecule has 12 heavy (non-hydrogen) atoms. The van der Waals surface area contributed by atoms with Crippen LogP contribution >= 0.6 is 0 Å². The van der Waals surface area contributed by atoms with E-state index in [0.717, 1.165) is 0 Å². The molecule has 0 aromatic carbocycles. The average Bonchev–Trinajstić information content (AvgIpc) is 2.63. The van der Waals surface area contributed by atoms with Crippen LogP contribution in [-0.2, 0) is 15.9 Å². The summed E-state index contributed by atoms with van der Waals surface area (Å²) in [7, 11) is 0. The molecule has 1 aliphatic rings. The molecule has 1 saturated heterocycles. The SMILES string of the molecule is Cc1noc(CC2OCCO2)n1. The van der Waals surface area contributed by atoms with E-state index in [1.807, 2.05) is 0 Å². The van der Waals surface area contributed by atoms with Gasteiger partial charge in [0.05, 0.1) is 19.6 Å². The van der Waals surface area contributed by atoms with Gasteiger partial charge >= 0.3 is 0 Å². The number of hydrogen-bond acceptors (Lipinski definition) is 5. The zero-order valence-corrected chi connectivity index (χ0v) is 6.82. The van der Waals surface area contributed by atoms with E-state index in [2.05, 4.69) is 10.1 Å². The quantitative estimate of drug-likeness (QED) is 0.638. The van der Waals surface area contributed by atoms with E-state index in [9.17, 15) is 0 Å². The number of rotatable bonds is 2. The molecule has 0 unspecified atom stereocenters. The Morgan fingerprint density at radius 1 is 1.42 bits per heavy atom. The van der Waals surface area contributed by atoms with Gasteiger partial charge in [-0.25, -0.2) is 0 Å². The molecular formula is C7H10N2O3. The minimum atomic E-state index is -0.204. The van der Waals surface area contributed by atoms with Crippen molar-refractivity contribution in [2.45, 2.75) is 19.6 Å². The second-order valence-electron chi connectivity index (χ2n) is 2.61. The highest BCUT2D eigenvalue weighted by Gasteiger charge is 2.19. The number of ether oxygens (including phenoxy) is 2. The summed E-state index contributed by atoms with van der Waals surface area (Å²) in [4.78, 5) is 4.04. The fourth-order valence-corrected chi connectivity index (χ4v) is 1.09. The van der Waals surface area contributed by atoms with Crippen LogP contribution in [0.5, 0.6) is 0 Å². The Labute approximate surface area is 69.7 Å². The topological polar surface area (TPSA) is 57.4 Å². The fourth-order valence-electron chi connectivity index (χ4n) is 1.09. The first-order valence-electron chi connectivity index (χ1n) is 3.87. The number of aryl methyl sites for hydroxylation is 1. The molecule has 0 spiro atoms. The third-order valence-electron chi connectivity index (χ3n) is 1.60. The number of nitrogens with zero attached hydrogens (tertiary/aromatic N) is 2. The van der Waals surface area contributed by atoms with E-state index < -0.39 is 0 Å². The van der Waals surface area contributed by atoms with E-state index >= 15 is 0 Å². The zero-order valence-electron chi connectivity index (χ0n) is 6.82. The summed E-state index contributed by atoms with van der Waals surface area (Å²) in [5.41, 5.74) is 0. The van der Waals surface area contributed by atoms with Crippen LogP contribution in [0.3, 0.4) is 0 Å². The Balaban J connectivity index is 1.94. The molecule has 1 aromatic rings. The van der Waals surface area contributed by atoms with Gasteiger partial charge in [-0.05, 0) is 6.92 Å². The highest BCUT2D eigenvalue weighted by atomic mass is 16.7. The van der Waals surface area contributed by atoms with E-state index in [0.29, 0.717) is 31.3 Å². The van der Waals surface area contributed by atoms with Gasteiger partial charge in [-0.1, -0.05) is 5.16 Å². The number of hydrogen-bond donors (Lipinski definition) is 0. The summed E-state index contributed by atoms with van der Waals surface area (Å²) >= 11 is 0. The molecule has 66 valence electrons. The molecule has 0 saturated carbocycles. The normalized spacial score (nSPS) is 18.8. The summed E-state index contributed by atoms with van der Waals surface area (Å²) in [5.74, 6) is 1.21. The van der Waals surface area contributed by atoms with E-state index in [-0.39, 0.29) is 6.29 Å². The van der Waals surface area contributed by atoms with Crippen LogP contribution in [0, 0.1) is 6.92 Å². The molecule has 2 heterocycles. The van der Waals surface area contributed by atoms with Crippen LogP contribution in [0.25, 0.3) is 0 Å². The maximum absolute atomic E-state index is 5.22. The molecule has 0 atom stereocenters. The van der Waals surface area contributed by atoms with Gasteiger partial charge in [-0.3, -0.25) is 0 Å². The molecule has 5 nitrogen and oxygen atoms in total. The minimum Gasteiger partial charge on any atom is -0.350 e. The second kappa shape index (κ2) is 3.20. The largest absolute Gasteiger partial charge is 0.350 e. The first-order valence-corrected chi connectivity index (χ1v) is 3.87. The van der Waals surface area contributed by atoms with Crippen molar-refractivity contribution in [3.8, 4) is 0 Å². The van der Waals surface area contributed by atoms with Crippen molar-refractivity contribution in [2.75, 3.05) is 13.2 Å². The molecule has 0 aliphatic carbocycles. The van der Waals surface area contributed by atoms with Crippen LogP contribution < -0.4 is 0 Å². The third-order valence-corrected chi connectivity index (χ3v) is 1.60. The first-order chi connectivity index (χ1) is 5.84. The van der Waals surface area contributed by atoms with Crippen LogP contribution in [-0.4, -0.2) is 29.6 Å². The molecule has 2 rings (SSSR count). The number of aromatic nitrogens is 2. The predicted molar refractivity (Wildman–Crippen MR) is 38.4 cm³/mol. The van der Waals surface area contributed by atoms with Gasteiger partial charge in [0.15, 0.2) is 12.1 Å². The summed E-state index contributed by atoms with van der Waals surface area (Å²) in [6, 6.07) is 0. The maximum atomic E-state index is 5.22. The van der Waals surface area contributed by atoms with Crippen molar-refractivity contribution in [3.05, 3.63) is 11.7 Å². The standard InChI is InChI=1S/C7H10N2O3/c1-5-8-6(12-9-5)4-7-10-2-3-11-7/h7H,2-4H2,1H3. The van der Waals surface area contributed by atoms with Crippen LogP contribution in [0.15, 0.2) is 4.52 Å². The molecule has 5 heteroatoms. The van der Waals surface area contributed by atoms with Gasteiger partial charge in [0.1, 0.15) is 0 Å². The highest BCUT2D eigenvalue weighted by Crippen LogP contribution is 2.09. The minimum absolute atomic E-state index is 0.204. The first kappa shape index (κ1) is 7.70. The molecule has 1 aromatic heterocycles. The molecular weight excluding hydrogens is 160 g/mol. The average molecular weight is 170 g/mol. The second-order valence-corrected chi connectivity index (χ2v) is 2.61. The van der Waals surface area contributed by atoms with Gasteiger partial charge in [0.2, 0.25) is 5.89 Å². The predicted octanol–water partition coefficient (Wildman–Crippen LogP) is 0.293. The van der Waals surface area contributed by atoms with Crippen molar-refractivity contribution in [1.29, 1.82) is 0 Å². The molecule has 0 bridgehead atoms. The Bertz CT molecular complexity index is 255. The summed E-state index contributed by atoms with van der Waals surface area (Å²) in [6.07, 6.45) is 0.339. The van der Waals surface area contributed by atoms with E-state index in [1.165, 1.54) is 0 Å². The van der Waals surface area contributed by atoms with E-state index in [4.69, 9.17) is 14.0 Å². The lowest BCUT2D eigenvalue weighted by Gasteiger charge is -2.03.